The number of ether oxygens (including phenoxy) is 2. The second kappa shape index (κ2) is 22.1. The van der Waals surface area contributed by atoms with E-state index in [1.807, 2.05) is 86.8 Å². The normalized spacial score (nSPS) is 25.2. The largest absolute Gasteiger partial charge is 0.508 e. The molecule has 21 heteroatoms. The molecule has 85 heavy (non-hydrogen) atoms. The zero-order valence-corrected chi connectivity index (χ0v) is 49.7. The summed E-state index contributed by atoms with van der Waals surface area (Å²) in [5.74, 6) is 0.415. The van der Waals surface area contributed by atoms with E-state index >= 15 is 0 Å². The van der Waals surface area contributed by atoms with Crippen LogP contribution in [0.4, 0.5) is 16.4 Å². The van der Waals surface area contributed by atoms with Gasteiger partial charge in [0.05, 0.1) is 50.4 Å². The van der Waals surface area contributed by atoms with E-state index in [1.165, 1.54) is 10.5 Å². The van der Waals surface area contributed by atoms with Crippen LogP contribution in [0.1, 0.15) is 119 Å². The SMILES string of the molecule is Cc1ncsc1-c1ccc([C@H](C)NC(=O)[C@@H]2C[C@@H](O)CN2C(=O)[C@H](c2cc(N3CCN(C(=O)OC[C@@H]4CC[C@]5(COc6nc(N7CC8CCC(C7)N8)c7cnc8c(c7n6)C(C)c6cccc7cc(O)cc-8c67)CCCN45)CC3)no2)C(C)C)cc1. The van der Waals surface area contributed by atoms with Crippen molar-refractivity contribution in [1.29, 1.82) is 0 Å². The molecule has 9 atom stereocenters. The highest BCUT2D eigenvalue weighted by Crippen LogP contribution is 2.49. The van der Waals surface area contributed by atoms with E-state index in [0.717, 1.165) is 124 Å². The van der Waals surface area contributed by atoms with Crippen LogP contribution in [0.5, 0.6) is 11.8 Å². The number of phenols is 1. The average Bonchev–Trinajstić information content (AvgIpc) is 1.94. The van der Waals surface area contributed by atoms with E-state index in [-0.39, 0.29) is 72.7 Å². The smallest absolute Gasteiger partial charge is 0.409 e. The Balaban J connectivity index is 0.605. The molecule has 0 radical (unpaired) electrons. The van der Waals surface area contributed by atoms with E-state index in [1.54, 1.807) is 22.3 Å². The molecule has 0 saturated carbocycles. The van der Waals surface area contributed by atoms with Crippen LogP contribution < -0.4 is 25.2 Å². The van der Waals surface area contributed by atoms with Gasteiger partial charge in [0.2, 0.25) is 11.8 Å². The molecule has 3 amide bonds. The second-order valence-electron chi connectivity index (χ2n) is 25.2. The molecule has 7 aromatic rings. The predicted molar refractivity (Wildman–Crippen MR) is 323 cm³/mol. The molecule has 3 aromatic carbocycles. The van der Waals surface area contributed by atoms with Crippen LogP contribution in [0.3, 0.4) is 0 Å². The number of aromatic hydroxyl groups is 1. The number of aromatic nitrogens is 5. The van der Waals surface area contributed by atoms with E-state index in [2.05, 4.69) is 49.6 Å². The number of benzene rings is 3. The maximum Gasteiger partial charge on any atom is 0.409 e. The number of piperazine rings is 2. The van der Waals surface area contributed by atoms with E-state index in [9.17, 15) is 24.6 Å². The molecule has 6 fully saturated rings. The first-order valence-electron chi connectivity index (χ1n) is 30.5. The molecule has 1 aliphatic carbocycles. The number of carbonyl (C=O) groups excluding carboxylic acids is 3. The summed E-state index contributed by atoms with van der Waals surface area (Å²) in [4.78, 5) is 73.5. The van der Waals surface area contributed by atoms with Gasteiger partial charge in [-0.1, -0.05) is 68.4 Å². The summed E-state index contributed by atoms with van der Waals surface area (Å²) >= 11 is 1.59. The van der Waals surface area contributed by atoms with Crippen molar-refractivity contribution in [2.75, 3.05) is 75.4 Å². The second-order valence-corrected chi connectivity index (χ2v) is 26.0. The minimum atomic E-state index is -0.854. The van der Waals surface area contributed by atoms with E-state index in [0.29, 0.717) is 62.5 Å². The molecule has 0 spiro atoms. The number of aryl methyl sites for hydroxylation is 1. The number of aliphatic hydroxyl groups is 1. The lowest BCUT2D eigenvalue weighted by Crippen LogP contribution is -2.51. The molecule has 444 valence electrons. The molecule has 3 unspecified atom stereocenters. The van der Waals surface area contributed by atoms with Crippen molar-refractivity contribution in [3.8, 4) is 33.5 Å². The van der Waals surface area contributed by atoms with Gasteiger partial charge in [-0.05, 0) is 104 Å². The number of amides is 3. The number of pyridine rings is 1. The Kier molecular flexibility index (Phi) is 14.4. The predicted octanol–water partition coefficient (Wildman–Crippen LogP) is 8.29. The molecule has 4 aromatic heterocycles. The van der Waals surface area contributed by atoms with Crippen LogP contribution in [0.25, 0.3) is 43.4 Å². The van der Waals surface area contributed by atoms with Crippen molar-refractivity contribution in [3.63, 3.8) is 0 Å². The number of aliphatic hydroxyl groups excluding tert-OH is 1. The summed E-state index contributed by atoms with van der Waals surface area (Å²) < 4.78 is 18.9. The maximum absolute atomic E-state index is 14.5. The standard InChI is InChI=1S/C64H74N12O8S/c1-35(2)53(61(80)75-31-46(78)26-50(75)60(79)67-37(4)39-10-12-40(13-11-39)58-38(5)66-34-85-58)51-27-52(71-84-51)72-20-22-73(23-21-72)63(81)82-32-44-16-18-64(17-7-19-76(44)64)33-83-62-69-57-49(59(70-62)74-29-42-14-15-43(30-74)68-42)28-65-56-48-25-45(77)24-41-8-6-9-47(55(41)48)36(3)54(56)57/h6,8-13,24-25,27-28,34-37,42-44,46,50,53,68,77-78H,7,14-23,26,29-33H2,1-5H3,(H,67,79)/t36?,37-,42?,43?,44-,46+,50-,53-,64-/m0/s1. The number of carbonyl (C=O) groups is 3. The third kappa shape index (κ3) is 10.1. The van der Waals surface area contributed by atoms with Crippen LogP contribution in [-0.4, -0.2) is 169 Å². The van der Waals surface area contributed by atoms with Gasteiger partial charge in [0.25, 0.3) is 0 Å². The van der Waals surface area contributed by atoms with Gasteiger partial charge in [0.15, 0.2) is 11.6 Å². The van der Waals surface area contributed by atoms with Gasteiger partial charge in [0, 0.05) is 99.7 Å². The molecule has 4 N–H and O–H groups in total. The van der Waals surface area contributed by atoms with Crippen LogP contribution in [0.15, 0.2) is 76.9 Å². The van der Waals surface area contributed by atoms with Gasteiger partial charge < -0.3 is 54.4 Å². The van der Waals surface area contributed by atoms with Gasteiger partial charge in [0.1, 0.15) is 36.7 Å². The molecule has 2 bridgehead atoms. The minimum Gasteiger partial charge on any atom is -0.508 e. The number of anilines is 2. The zero-order valence-electron chi connectivity index (χ0n) is 48.9. The fourth-order valence-corrected chi connectivity index (χ4v) is 16.0. The van der Waals surface area contributed by atoms with Crippen LogP contribution in [0, 0.1) is 12.8 Å². The van der Waals surface area contributed by atoms with Gasteiger partial charge >= 0.3 is 12.1 Å². The number of phenolic OH excluding ortho intramolecular Hbond substituents is 1. The highest BCUT2D eigenvalue weighted by Gasteiger charge is 2.51. The lowest BCUT2D eigenvalue weighted by molar-refractivity contribution is -0.141. The first-order chi connectivity index (χ1) is 41.2. The van der Waals surface area contributed by atoms with Crippen LogP contribution >= 0.6 is 11.3 Å². The average molecular weight is 1170 g/mol. The minimum absolute atomic E-state index is 0.0165. The third-order valence-corrected chi connectivity index (χ3v) is 20.5. The number of fused-ring (bicyclic) bond motifs is 7. The Hall–Kier alpha value is -7.46. The topological polar surface area (TPSA) is 228 Å². The Morgan fingerprint density at radius 2 is 1.73 bits per heavy atom. The first kappa shape index (κ1) is 55.4. The number of nitrogens with zero attached hydrogens (tertiary/aromatic N) is 10. The van der Waals surface area contributed by atoms with Crippen molar-refractivity contribution >= 4 is 62.6 Å². The number of hydrogen-bond donors (Lipinski definition) is 4. The number of β-amino-alcohol motifs (C(OH)–C–C–N with tert-alkyl or cyclic N) is 1. The summed E-state index contributed by atoms with van der Waals surface area (Å²) in [7, 11) is 0. The van der Waals surface area contributed by atoms with E-state index in [4.69, 9.17) is 28.9 Å². The van der Waals surface area contributed by atoms with Crippen molar-refractivity contribution in [1.82, 2.24) is 50.4 Å². The molecule has 10 heterocycles. The highest BCUT2D eigenvalue weighted by atomic mass is 32.1. The fraction of sp³-hybridized carbons (Fsp3) is 0.500. The van der Waals surface area contributed by atoms with Gasteiger partial charge in [-0.15, -0.1) is 11.3 Å². The lowest BCUT2D eigenvalue weighted by atomic mass is 9.79. The van der Waals surface area contributed by atoms with Crippen LogP contribution in [0.2, 0.25) is 0 Å². The summed E-state index contributed by atoms with van der Waals surface area (Å²) in [5, 5.41) is 36.0. The molecule has 14 rings (SSSR count). The number of thiazole rings is 1. The summed E-state index contributed by atoms with van der Waals surface area (Å²) in [6.45, 7) is 15.1. The summed E-state index contributed by atoms with van der Waals surface area (Å²) in [6, 6.07) is 19.8. The fourth-order valence-electron chi connectivity index (χ4n) is 15.2. The van der Waals surface area contributed by atoms with E-state index < -0.39 is 18.1 Å². The number of nitrogens with one attached hydrogen (secondary N) is 2. The van der Waals surface area contributed by atoms with Crippen molar-refractivity contribution < 1.29 is 38.6 Å². The van der Waals surface area contributed by atoms with Crippen molar-refractivity contribution in [3.05, 3.63) is 101 Å². The molecule has 20 nitrogen and oxygen atoms in total. The maximum atomic E-state index is 14.5. The third-order valence-electron chi connectivity index (χ3n) is 19.6. The lowest BCUT2D eigenvalue weighted by Gasteiger charge is -2.36. The Bertz CT molecular complexity index is 3710. The molecule has 6 saturated heterocycles. The summed E-state index contributed by atoms with van der Waals surface area (Å²) in [6.07, 6.45) is 6.87. The van der Waals surface area contributed by atoms with Gasteiger partial charge in [-0.2, -0.15) is 9.97 Å². The molecule has 6 aliphatic heterocycles. The quantitative estimate of drug-likeness (QED) is 0.0803. The molecular weight excluding hydrogens is 1100 g/mol. The zero-order chi connectivity index (χ0) is 58.4. The Labute approximate surface area is 497 Å². The Morgan fingerprint density at radius 3 is 2.49 bits per heavy atom. The van der Waals surface area contributed by atoms with Crippen LogP contribution in [-0.2, 0) is 14.3 Å². The number of rotatable bonds is 14. The Morgan fingerprint density at radius 1 is 0.929 bits per heavy atom. The first-order valence-corrected chi connectivity index (χ1v) is 31.3. The van der Waals surface area contributed by atoms with Gasteiger partial charge in [-0.25, -0.2) is 9.78 Å². The van der Waals surface area contributed by atoms with Crippen molar-refractivity contribution in [2.24, 2.45) is 5.92 Å². The number of hydrogen-bond acceptors (Lipinski definition) is 18. The molecular formula is C64H74N12O8S. The number of likely N-dealkylation sites (tertiary alicyclic amines) is 1. The summed E-state index contributed by atoms with van der Waals surface area (Å²) in [5.41, 5.74) is 9.29. The molecule has 7 aliphatic rings. The van der Waals surface area contributed by atoms with Gasteiger partial charge in [-0.3, -0.25) is 19.5 Å². The monoisotopic (exact) mass is 1170 g/mol. The highest BCUT2D eigenvalue weighted by molar-refractivity contribution is 7.13. The van der Waals surface area contributed by atoms with Crippen molar-refractivity contribution in [2.45, 2.75) is 133 Å².